The Balaban J connectivity index is 1.53. The summed E-state index contributed by atoms with van der Waals surface area (Å²) in [5.41, 5.74) is 0. The van der Waals surface area contributed by atoms with Crippen molar-refractivity contribution in [2.45, 2.75) is 57.9 Å². The summed E-state index contributed by atoms with van der Waals surface area (Å²) >= 11 is 0. The summed E-state index contributed by atoms with van der Waals surface area (Å²) in [6.07, 6.45) is 10.2. The summed E-state index contributed by atoms with van der Waals surface area (Å²) in [4.78, 5) is 0. The summed E-state index contributed by atoms with van der Waals surface area (Å²) in [5, 5.41) is 3.62. The van der Waals surface area contributed by atoms with Gasteiger partial charge in [0.15, 0.2) is 0 Å². The van der Waals surface area contributed by atoms with Crippen molar-refractivity contribution in [1.29, 1.82) is 0 Å². The van der Waals surface area contributed by atoms with Crippen LogP contribution in [0.2, 0.25) is 0 Å². The number of hydrogen-bond donors (Lipinski definition) is 1. The largest absolute Gasteiger partial charge is 0.314 e. The third-order valence-electron chi connectivity index (χ3n) is 3.70. The zero-order valence-electron chi connectivity index (χ0n) is 8.89. The van der Waals surface area contributed by atoms with Gasteiger partial charge in [0.2, 0.25) is 0 Å². The second kappa shape index (κ2) is 4.45. The lowest BCUT2D eigenvalue weighted by Gasteiger charge is -2.26. The minimum Gasteiger partial charge on any atom is -0.314 e. The molecule has 0 radical (unpaired) electrons. The molecule has 13 heavy (non-hydrogen) atoms. The van der Waals surface area contributed by atoms with E-state index >= 15 is 0 Å². The molecule has 2 aliphatic carbocycles. The van der Waals surface area contributed by atoms with Gasteiger partial charge in [-0.1, -0.05) is 32.6 Å². The van der Waals surface area contributed by atoms with Crippen LogP contribution in [0, 0.1) is 11.8 Å². The van der Waals surface area contributed by atoms with Crippen molar-refractivity contribution in [3.8, 4) is 0 Å². The van der Waals surface area contributed by atoms with E-state index in [9.17, 15) is 0 Å². The van der Waals surface area contributed by atoms with E-state index in [1.807, 2.05) is 0 Å². The average molecular weight is 181 g/mol. The summed E-state index contributed by atoms with van der Waals surface area (Å²) in [6, 6.07) is 0.905. The van der Waals surface area contributed by atoms with Crippen molar-refractivity contribution < 1.29 is 0 Å². The van der Waals surface area contributed by atoms with Gasteiger partial charge in [0.05, 0.1) is 0 Å². The molecule has 1 heteroatoms. The third-order valence-corrected chi connectivity index (χ3v) is 3.70. The van der Waals surface area contributed by atoms with Gasteiger partial charge in [0.25, 0.3) is 0 Å². The molecule has 2 saturated carbocycles. The zero-order valence-corrected chi connectivity index (χ0v) is 8.89. The molecule has 1 nitrogen and oxygen atoms in total. The molecular formula is C12H23N. The molecule has 0 bridgehead atoms. The van der Waals surface area contributed by atoms with E-state index in [1.165, 1.54) is 51.5 Å². The van der Waals surface area contributed by atoms with Crippen LogP contribution in [0.1, 0.15) is 51.9 Å². The van der Waals surface area contributed by atoms with E-state index in [2.05, 4.69) is 12.2 Å². The van der Waals surface area contributed by atoms with Crippen molar-refractivity contribution in [3.63, 3.8) is 0 Å². The molecule has 1 N–H and O–H groups in total. The number of nitrogens with one attached hydrogen (secondary N) is 1. The van der Waals surface area contributed by atoms with Gasteiger partial charge in [0.1, 0.15) is 0 Å². The van der Waals surface area contributed by atoms with Crippen LogP contribution in [-0.2, 0) is 0 Å². The van der Waals surface area contributed by atoms with Crippen LogP contribution in [0.3, 0.4) is 0 Å². The molecule has 2 fully saturated rings. The Kier molecular flexibility index (Phi) is 3.26. The number of rotatable bonds is 4. The van der Waals surface area contributed by atoms with E-state index in [1.54, 1.807) is 0 Å². The first-order valence-electron chi connectivity index (χ1n) is 6.08. The monoisotopic (exact) mass is 181 g/mol. The van der Waals surface area contributed by atoms with Crippen LogP contribution in [0.5, 0.6) is 0 Å². The second-order valence-electron chi connectivity index (χ2n) is 5.14. The van der Waals surface area contributed by atoms with Crippen LogP contribution >= 0.6 is 0 Å². The van der Waals surface area contributed by atoms with Crippen LogP contribution in [0.25, 0.3) is 0 Å². The minimum absolute atomic E-state index is 0.905. The highest BCUT2D eigenvalue weighted by molar-refractivity contribution is 4.81. The predicted molar refractivity (Wildman–Crippen MR) is 56.8 cm³/mol. The molecule has 0 aromatic carbocycles. The highest BCUT2D eigenvalue weighted by atomic mass is 14.9. The normalized spacial score (nSPS) is 34.8. The fourth-order valence-electron chi connectivity index (χ4n) is 2.40. The van der Waals surface area contributed by atoms with E-state index in [0.717, 1.165) is 17.9 Å². The van der Waals surface area contributed by atoms with Gasteiger partial charge in [-0.3, -0.25) is 0 Å². The Morgan fingerprint density at radius 1 is 1.00 bits per heavy atom. The highest BCUT2D eigenvalue weighted by Crippen LogP contribution is 2.30. The summed E-state index contributed by atoms with van der Waals surface area (Å²) in [5.74, 6) is 2.05. The number of hydrogen-bond acceptors (Lipinski definition) is 1. The lowest BCUT2D eigenvalue weighted by molar-refractivity contribution is 0.275. The second-order valence-corrected chi connectivity index (χ2v) is 5.14. The molecule has 0 spiro atoms. The van der Waals surface area contributed by atoms with Crippen molar-refractivity contribution in [1.82, 2.24) is 5.32 Å². The molecule has 0 aromatic heterocycles. The Hall–Kier alpha value is -0.0400. The average Bonchev–Trinajstić information content (AvgIpc) is 2.92. The summed E-state index contributed by atoms with van der Waals surface area (Å²) < 4.78 is 0. The van der Waals surface area contributed by atoms with Crippen LogP contribution < -0.4 is 5.32 Å². The predicted octanol–water partition coefficient (Wildman–Crippen LogP) is 2.95. The van der Waals surface area contributed by atoms with Gasteiger partial charge in [-0.15, -0.1) is 0 Å². The van der Waals surface area contributed by atoms with Crippen molar-refractivity contribution in [3.05, 3.63) is 0 Å². The summed E-state index contributed by atoms with van der Waals surface area (Å²) in [6.45, 7) is 3.68. The van der Waals surface area contributed by atoms with E-state index in [0.29, 0.717) is 0 Å². The van der Waals surface area contributed by atoms with E-state index in [-0.39, 0.29) is 0 Å². The molecule has 76 valence electrons. The highest BCUT2D eigenvalue weighted by Gasteiger charge is 2.21. The van der Waals surface area contributed by atoms with Gasteiger partial charge in [0, 0.05) is 6.04 Å². The van der Waals surface area contributed by atoms with Gasteiger partial charge >= 0.3 is 0 Å². The standard InChI is InChI=1S/C12H23N/c1-10-2-4-11(5-3-10)8-9-13-12-6-7-12/h10-13H,2-9H2,1H3. The minimum atomic E-state index is 0.905. The lowest BCUT2D eigenvalue weighted by Crippen LogP contribution is -2.22. The van der Waals surface area contributed by atoms with Gasteiger partial charge < -0.3 is 5.32 Å². The van der Waals surface area contributed by atoms with Crippen LogP contribution in [0.15, 0.2) is 0 Å². The van der Waals surface area contributed by atoms with Gasteiger partial charge in [-0.25, -0.2) is 0 Å². The fraction of sp³-hybridized carbons (Fsp3) is 1.00. The Morgan fingerprint density at radius 2 is 1.69 bits per heavy atom. The maximum absolute atomic E-state index is 3.62. The molecule has 0 heterocycles. The molecule has 0 aromatic rings. The van der Waals surface area contributed by atoms with Crippen molar-refractivity contribution in [2.75, 3.05) is 6.54 Å². The molecule has 0 aliphatic heterocycles. The topological polar surface area (TPSA) is 12.0 Å². The Bertz CT molecular complexity index is 143. The van der Waals surface area contributed by atoms with Gasteiger partial charge in [-0.05, 0) is 37.6 Å². The molecule has 2 rings (SSSR count). The molecular weight excluding hydrogens is 158 g/mol. The first-order valence-corrected chi connectivity index (χ1v) is 6.08. The maximum Gasteiger partial charge on any atom is 0.00682 e. The summed E-state index contributed by atoms with van der Waals surface area (Å²) in [7, 11) is 0. The fourth-order valence-corrected chi connectivity index (χ4v) is 2.40. The quantitative estimate of drug-likeness (QED) is 0.703. The van der Waals surface area contributed by atoms with E-state index < -0.39 is 0 Å². The Morgan fingerprint density at radius 3 is 2.31 bits per heavy atom. The van der Waals surface area contributed by atoms with Gasteiger partial charge in [-0.2, -0.15) is 0 Å². The Labute approximate surface area is 82.3 Å². The zero-order chi connectivity index (χ0) is 9.10. The van der Waals surface area contributed by atoms with Crippen LogP contribution in [-0.4, -0.2) is 12.6 Å². The smallest absolute Gasteiger partial charge is 0.00682 e. The van der Waals surface area contributed by atoms with E-state index in [4.69, 9.17) is 0 Å². The first kappa shape index (κ1) is 9.51. The molecule has 2 aliphatic rings. The lowest BCUT2D eigenvalue weighted by atomic mass is 9.81. The molecule has 0 atom stereocenters. The third kappa shape index (κ3) is 3.30. The van der Waals surface area contributed by atoms with Crippen molar-refractivity contribution >= 4 is 0 Å². The molecule has 0 saturated heterocycles. The van der Waals surface area contributed by atoms with Crippen molar-refractivity contribution in [2.24, 2.45) is 11.8 Å². The molecule has 0 amide bonds. The first-order chi connectivity index (χ1) is 6.34. The van der Waals surface area contributed by atoms with Crippen LogP contribution in [0.4, 0.5) is 0 Å². The maximum atomic E-state index is 3.62. The molecule has 0 unspecified atom stereocenters. The SMILES string of the molecule is CC1CCC(CCNC2CC2)CC1.